The fourth-order valence-electron chi connectivity index (χ4n) is 5.77. The largest absolute Gasteiger partial charge is 0.444 e. The van der Waals surface area contributed by atoms with Gasteiger partial charge in [-0.1, -0.05) is 11.5 Å². The molecular formula is C95H30N4O2. The zero-order chi connectivity index (χ0) is 72.4. The lowest BCUT2D eigenvalue weighted by molar-refractivity contribution is 0.00598. The van der Waals surface area contributed by atoms with E-state index in [0.717, 1.165) is 50.4 Å². The third kappa shape index (κ3) is 48.6. The molecule has 2 N–H and O–H groups in total. The second-order valence-corrected chi connectivity index (χ2v) is 17.4. The van der Waals surface area contributed by atoms with Gasteiger partial charge >= 0.3 is 6.09 Å². The van der Waals surface area contributed by atoms with Gasteiger partial charge in [-0.15, -0.1) is 0 Å². The van der Waals surface area contributed by atoms with Gasteiger partial charge in [-0.05, 0) is 145 Å². The number of anilines is 2. The van der Waals surface area contributed by atoms with Gasteiger partial charge in [0.1, 0.15) is 5.60 Å². The smallest absolute Gasteiger partial charge is 0.410 e. The van der Waals surface area contributed by atoms with E-state index in [1.165, 1.54) is 0 Å². The average molecular weight is 1260 g/mol. The fourth-order valence-corrected chi connectivity index (χ4v) is 5.77. The highest BCUT2D eigenvalue weighted by molar-refractivity contribution is 5.69. The first kappa shape index (κ1) is 78.1. The van der Waals surface area contributed by atoms with E-state index in [1.54, 1.807) is 12.4 Å². The Labute approximate surface area is 582 Å². The number of pyridine rings is 1. The van der Waals surface area contributed by atoms with Gasteiger partial charge in [0, 0.05) is 370 Å². The van der Waals surface area contributed by atoms with E-state index >= 15 is 0 Å². The van der Waals surface area contributed by atoms with Crippen LogP contribution in [0.4, 0.5) is 16.2 Å². The fraction of sp³-hybridized carbons (Fsp3) is 0.116. The normalized spacial score (nSPS) is 7.67. The van der Waals surface area contributed by atoms with E-state index in [4.69, 9.17) is 10.5 Å². The summed E-state index contributed by atoms with van der Waals surface area (Å²) in [5.41, 5.74) is 197. The molecule has 1 aromatic heterocycles. The topological polar surface area (TPSA) is 71.7 Å². The minimum absolute atomic E-state index is 0.193. The molecule has 0 unspecified atom stereocenters. The molecule has 0 aromatic carbocycles. The highest BCUT2D eigenvalue weighted by Gasteiger charge is 2.46. The summed E-state index contributed by atoms with van der Waals surface area (Å²) in [6.07, 6.45) is 5.33. The number of amides is 1. The SMILES string of the molecule is C=C=C=C=C=C=C=C=C=C=C=C=C=C=C=C=C=C=C=C=C=C=C=C=C=C=C=C=C=C=C=C=C=C=C=C=C=C=C=C=C=C=C=C=C=C=C=C=C=C=C=C=C=C=C=C=C=C=C=C=C=C=C=C=C=C=C=C=C=C=C=C=C=C=C=C=C=C.CC(C)(C)OC(=O)N1CCC2(CC1)CN(c1ccncc1N)C2. The molecule has 2 saturated heterocycles. The number of ether oxygens (including phenoxy) is 1. The standard InChI is InChI=1S/C78H4.C17H26N4O2/c1-3-5-7-9-11-13-15-17-19-21-23-25-27-29-31-33-35-37-39-41-43-45-47-49-51-53-55-57-59-61-63-65-67-69-71-73-75-77-78-76-74-72-70-68-66-64-62-60-58-56-54-52-50-48-46-44-42-40-38-36-34-32-30-28-26-24-22-20-18-16-14-12-10-8-6-4-2;1-16(2,3)23-15(22)20-8-5-17(6-9-20)11-21(12-17)14-4-7-19-10-13(14)18/h1-2H2;4,7,10H,5-6,8-9,11-12,18H2,1-3H3. The van der Waals surface area contributed by atoms with Crippen molar-refractivity contribution >= 4 is 17.5 Å². The van der Waals surface area contributed by atoms with Gasteiger partial charge in [0.05, 0.1) is 17.6 Å². The molecule has 0 atom stereocenters. The van der Waals surface area contributed by atoms with Crippen LogP contribution >= 0.6 is 0 Å². The number of piperidine rings is 1. The molecule has 0 saturated carbocycles. The third-order valence-corrected chi connectivity index (χ3v) is 9.44. The molecule has 3 heterocycles. The lowest BCUT2D eigenvalue weighted by Crippen LogP contribution is -2.61. The maximum atomic E-state index is 12.1. The summed E-state index contributed by atoms with van der Waals surface area (Å²) in [5.74, 6) is 0. The van der Waals surface area contributed by atoms with Crippen LogP contribution in [0.15, 0.2) is 467 Å². The molecule has 2 aliphatic heterocycles. The molecule has 0 radical (unpaired) electrons. The van der Waals surface area contributed by atoms with Crippen LogP contribution in [-0.4, -0.2) is 47.8 Å². The number of nitrogens with two attached hydrogens (primary N) is 1. The van der Waals surface area contributed by atoms with Crippen molar-refractivity contribution in [2.45, 2.75) is 39.2 Å². The summed E-state index contributed by atoms with van der Waals surface area (Å²) < 4.78 is 5.46. The number of aromatic nitrogens is 1. The van der Waals surface area contributed by atoms with Crippen molar-refractivity contribution < 1.29 is 9.53 Å². The van der Waals surface area contributed by atoms with Gasteiger partial charge < -0.3 is 20.3 Å². The molecule has 1 amide bonds. The zero-order valence-corrected chi connectivity index (χ0v) is 53.6. The summed E-state index contributed by atoms with van der Waals surface area (Å²) >= 11 is 0. The first-order chi connectivity index (χ1) is 49.7. The average Bonchev–Trinajstić information content (AvgIpc) is 0.760. The molecule has 101 heavy (non-hydrogen) atoms. The van der Waals surface area contributed by atoms with Gasteiger partial charge in [0.15, 0.2) is 0 Å². The number of hydrogen-bond acceptors (Lipinski definition) is 5. The summed E-state index contributed by atoms with van der Waals surface area (Å²) in [6, 6.07) is 1.97. The lowest BCUT2D eigenvalue weighted by atomic mass is 9.72. The van der Waals surface area contributed by atoms with Crippen LogP contribution in [-0.2, 0) is 4.74 Å². The van der Waals surface area contributed by atoms with E-state index in [0.29, 0.717) is 5.41 Å². The number of rotatable bonds is 1. The van der Waals surface area contributed by atoms with Gasteiger partial charge in [-0.25, -0.2) is 4.79 Å². The third-order valence-electron chi connectivity index (χ3n) is 9.44. The van der Waals surface area contributed by atoms with Crippen molar-refractivity contribution in [2.75, 3.05) is 36.8 Å². The Morgan fingerprint density at radius 1 is 0.347 bits per heavy atom. The lowest BCUT2D eigenvalue weighted by Gasteiger charge is -2.55. The van der Waals surface area contributed by atoms with Gasteiger partial charge in [0.25, 0.3) is 0 Å². The second-order valence-electron chi connectivity index (χ2n) is 17.4. The first-order valence-corrected chi connectivity index (χ1v) is 27.7. The van der Waals surface area contributed by atoms with Crippen molar-refractivity contribution in [2.24, 2.45) is 5.41 Å². The molecule has 1 spiro atoms. The summed E-state index contributed by atoms with van der Waals surface area (Å²) in [5, 5.41) is 0. The van der Waals surface area contributed by atoms with Crippen molar-refractivity contribution in [1.29, 1.82) is 0 Å². The maximum Gasteiger partial charge on any atom is 0.410 e. The summed E-state index contributed by atoms with van der Waals surface area (Å²) in [6.45, 7) is 15.9. The molecule has 6 heteroatoms. The Balaban J connectivity index is 0.00000125. The molecule has 2 fully saturated rings. The Hall–Kier alpha value is -19.0. The van der Waals surface area contributed by atoms with E-state index in [1.807, 2.05) is 31.7 Å². The minimum Gasteiger partial charge on any atom is -0.444 e. The van der Waals surface area contributed by atoms with Gasteiger partial charge in [0.2, 0.25) is 0 Å². The molecule has 2 aliphatic rings. The monoisotopic (exact) mass is 1260 g/mol. The number of hydrogen-bond donors (Lipinski definition) is 1. The second kappa shape index (κ2) is 57.5. The van der Waals surface area contributed by atoms with E-state index < -0.39 is 5.60 Å². The van der Waals surface area contributed by atoms with Gasteiger partial charge in [-0.2, -0.15) is 0 Å². The highest BCUT2D eigenvalue weighted by Crippen LogP contribution is 2.44. The van der Waals surface area contributed by atoms with Crippen LogP contribution in [0.3, 0.4) is 0 Å². The maximum absolute atomic E-state index is 12.1. The predicted octanol–water partition coefficient (Wildman–Crippen LogP) is 15.1. The molecule has 442 valence electrons. The summed E-state index contributed by atoms with van der Waals surface area (Å²) in [7, 11) is 0. The molecular weight excluding hydrogens is 1230 g/mol. The van der Waals surface area contributed by atoms with Crippen LogP contribution in [0.2, 0.25) is 0 Å². The van der Waals surface area contributed by atoms with Crippen LogP contribution < -0.4 is 10.6 Å². The number of likely N-dealkylation sites (tertiary alicyclic amines) is 1. The number of carbonyl (C=O) groups excluding carboxylic acids is 1. The zero-order valence-electron chi connectivity index (χ0n) is 53.6. The molecule has 0 aliphatic carbocycles. The van der Waals surface area contributed by atoms with Crippen LogP contribution in [0.25, 0.3) is 0 Å². The van der Waals surface area contributed by atoms with Crippen molar-refractivity contribution in [3.8, 4) is 0 Å². The molecule has 3 rings (SSSR count). The van der Waals surface area contributed by atoms with Crippen LogP contribution in [0, 0.1) is 5.41 Å². The van der Waals surface area contributed by atoms with Gasteiger partial charge in [-0.3, -0.25) is 4.98 Å². The predicted molar refractivity (Wildman–Crippen MR) is 369 cm³/mol. The molecule has 1 aromatic rings. The minimum atomic E-state index is -0.432. The van der Waals surface area contributed by atoms with E-state index in [2.05, 4.69) is 459 Å². The van der Waals surface area contributed by atoms with Crippen LogP contribution in [0.1, 0.15) is 33.6 Å². The van der Waals surface area contributed by atoms with Crippen molar-refractivity contribution in [3.05, 3.63) is 467 Å². The molecule has 0 bridgehead atoms. The number of nitrogen functional groups attached to an aromatic ring is 1. The number of carbonyl (C=O) groups is 1. The quantitative estimate of drug-likeness (QED) is 0.284. The Bertz CT molecular complexity index is 6600. The Morgan fingerprint density at radius 3 is 0.683 bits per heavy atom. The first-order valence-electron chi connectivity index (χ1n) is 27.7. The van der Waals surface area contributed by atoms with E-state index in [-0.39, 0.29) is 6.09 Å². The summed E-state index contributed by atoms with van der Waals surface area (Å²) in [4.78, 5) is 20.3. The van der Waals surface area contributed by atoms with Crippen LogP contribution in [0.5, 0.6) is 0 Å². The Morgan fingerprint density at radius 2 is 0.525 bits per heavy atom. The van der Waals surface area contributed by atoms with Crippen molar-refractivity contribution in [1.82, 2.24) is 9.88 Å². The Kier molecular flexibility index (Phi) is 44.5. The highest BCUT2D eigenvalue weighted by atomic mass is 16.6. The number of nitrogens with zero attached hydrogens (tertiary/aromatic N) is 3. The van der Waals surface area contributed by atoms with Crippen molar-refractivity contribution in [3.63, 3.8) is 0 Å². The van der Waals surface area contributed by atoms with E-state index in [9.17, 15) is 4.79 Å². The molecule has 6 nitrogen and oxygen atoms in total.